The first-order chi connectivity index (χ1) is 9.13. The van der Waals surface area contributed by atoms with Crippen LogP contribution in [0.5, 0.6) is 0 Å². The number of nitrogens with zero attached hydrogens (tertiary/aromatic N) is 3. The second kappa shape index (κ2) is 4.44. The van der Waals surface area contributed by atoms with Gasteiger partial charge in [0.15, 0.2) is 5.82 Å². The SMILES string of the molecule is Nc1nccc2c1ncn2[C@@H]1C[C@@H](CO)[C@H](O)[C@@H]1O. The van der Waals surface area contributed by atoms with Gasteiger partial charge in [0, 0.05) is 18.7 Å². The standard InChI is InChI=1S/C12H16N4O3/c13-12-9-7(1-2-14-12)16(5-15-9)8-3-6(4-17)10(18)11(8)19/h1-2,5-6,8,10-11,17-19H,3-4H2,(H2,13,14)/t6-,8+,10-,11+/m0/s1. The lowest BCUT2D eigenvalue weighted by molar-refractivity contribution is -0.00365. The molecule has 2 heterocycles. The van der Waals surface area contributed by atoms with Gasteiger partial charge in [-0.1, -0.05) is 0 Å². The lowest BCUT2D eigenvalue weighted by atomic mass is 10.1. The van der Waals surface area contributed by atoms with Crippen molar-refractivity contribution in [2.75, 3.05) is 12.3 Å². The summed E-state index contributed by atoms with van der Waals surface area (Å²) in [7, 11) is 0. The molecule has 0 spiro atoms. The molecule has 4 atom stereocenters. The number of fused-ring (bicyclic) bond motifs is 1. The van der Waals surface area contributed by atoms with E-state index in [0.29, 0.717) is 17.8 Å². The molecule has 3 rings (SSSR count). The van der Waals surface area contributed by atoms with Gasteiger partial charge in [-0.15, -0.1) is 0 Å². The number of rotatable bonds is 2. The highest BCUT2D eigenvalue weighted by atomic mass is 16.3. The molecule has 7 nitrogen and oxygen atoms in total. The van der Waals surface area contributed by atoms with E-state index in [1.54, 1.807) is 23.2 Å². The molecule has 1 aliphatic rings. The molecule has 1 saturated carbocycles. The van der Waals surface area contributed by atoms with E-state index in [9.17, 15) is 15.3 Å². The summed E-state index contributed by atoms with van der Waals surface area (Å²) in [6, 6.07) is 1.45. The topological polar surface area (TPSA) is 117 Å². The average Bonchev–Trinajstić information content (AvgIpc) is 2.94. The smallest absolute Gasteiger partial charge is 0.151 e. The number of nitrogens with two attached hydrogens (primary N) is 1. The summed E-state index contributed by atoms with van der Waals surface area (Å²) in [5.41, 5.74) is 7.09. The highest BCUT2D eigenvalue weighted by Crippen LogP contribution is 2.37. The van der Waals surface area contributed by atoms with E-state index in [4.69, 9.17) is 5.73 Å². The molecule has 19 heavy (non-hydrogen) atoms. The number of nitrogen functional groups attached to an aromatic ring is 1. The number of aromatic nitrogens is 3. The molecule has 5 N–H and O–H groups in total. The van der Waals surface area contributed by atoms with Gasteiger partial charge < -0.3 is 25.6 Å². The van der Waals surface area contributed by atoms with Crippen LogP contribution in [0.4, 0.5) is 5.82 Å². The Morgan fingerprint density at radius 1 is 1.32 bits per heavy atom. The molecule has 1 fully saturated rings. The highest BCUT2D eigenvalue weighted by molar-refractivity contribution is 5.84. The normalized spacial score (nSPS) is 31.1. The van der Waals surface area contributed by atoms with Crippen molar-refractivity contribution in [1.29, 1.82) is 0 Å². The van der Waals surface area contributed by atoms with E-state index >= 15 is 0 Å². The second-order valence-corrected chi connectivity index (χ2v) is 4.94. The number of hydrogen-bond acceptors (Lipinski definition) is 6. The molecule has 0 unspecified atom stereocenters. The van der Waals surface area contributed by atoms with Crippen molar-refractivity contribution in [2.24, 2.45) is 5.92 Å². The highest BCUT2D eigenvalue weighted by Gasteiger charge is 2.42. The summed E-state index contributed by atoms with van der Waals surface area (Å²) < 4.78 is 1.79. The third-order valence-corrected chi connectivity index (χ3v) is 3.88. The summed E-state index contributed by atoms with van der Waals surface area (Å²) in [6.45, 7) is -0.148. The second-order valence-electron chi connectivity index (χ2n) is 4.94. The number of anilines is 1. The fraction of sp³-hybridized carbons (Fsp3) is 0.500. The number of pyridine rings is 1. The Labute approximate surface area is 109 Å². The minimum absolute atomic E-state index is 0.148. The van der Waals surface area contributed by atoms with Crippen LogP contribution in [-0.2, 0) is 0 Å². The summed E-state index contributed by atoms with van der Waals surface area (Å²) in [5, 5.41) is 29.2. The van der Waals surface area contributed by atoms with E-state index in [1.807, 2.05) is 0 Å². The molecule has 0 aliphatic heterocycles. The van der Waals surface area contributed by atoms with E-state index in [1.165, 1.54) is 0 Å². The number of imidazole rings is 1. The fourth-order valence-corrected chi connectivity index (χ4v) is 2.80. The molecule has 0 saturated heterocycles. The molecule has 0 amide bonds. The zero-order valence-electron chi connectivity index (χ0n) is 10.2. The van der Waals surface area contributed by atoms with Gasteiger partial charge in [0.1, 0.15) is 11.6 Å². The molecule has 0 radical (unpaired) electrons. The van der Waals surface area contributed by atoms with Gasteiger partial charge in [0.25, 0.3) is 0 Å². The van der Waals surface area contributed by atoms with Gasteiger partial charge in [-0.3, -0.25) is 0 Å². The molecular formula is C12H16N4O3. The minimum atomic E-state index is -0.927. The monoisotopic (exact) mass is 264 g/mol. The Morgan fingerprint density at radius 2 is 2.11 bits per heavy atom. The van der Waals surface area contributed by atoms with Gasteiger partial charge >= 0.3 is 0 Å². The Bertz CT molecular complexity index is 600. The molecular weight excluding hydrogens is 248 g/mol. The first-order valence-corrected chi connectivity index (χ1v) is 6.17. The first kappa shape index (κ1) is 12.3. The maximum atomic E-state index is 10.1. The molecule has 0 aromatic carbocycles. The van der Waals surface area contributed by atoms with Crippen LogP contribution in [0, 0.1) is 5.92 Å². The minimum Gasteiger partial charge on any atom is -0.396 e. The summed E-state index contributed by atoms with van der Waals surface area (Å²) in [5.74, 6) is 0.0135. The molecule has 2 aromatic heterocycles. The van der Waals surface area contributed by atoms with Gasteiger partial charge in [-0.2, -0.15) is 0 Å². The molecule has 7 heteroatoms. The first-order valence-electron chi connectivity index (χ1n) is 6.17. The lowest BCUT2D eigenvalue weighted by Gasteiger charge is -2.18. The van der Waals surface area contributed by atoms with Crippen LogP contribution in [0.25, 0.3) is 11.0 Å². The molecule has 2 aromatic rings. The van der Waals surface area contributed by atoms with Crippen molar-refractivity contribution in [3.05, 3.63) is 18.6 Å². The fourth-order valence-electron chi connectivity index (χ4n) is 2.80. The van der Waals surface area contributed by atoms with Crippen LogP contribution in [0.2, 0.25) is 0 Å². The zero-order chi connectivity index (χ0) is 13.6. The Morgan fingerprint density at radius 3 is 2.79 bits per heavy atom. The quantitative estimate of drug-likeness (QED) is 0.569. The van der Waals surface area contributed by atoms with E-state index in [0.717, 1.165) is 5.52 Å². The number of aliphatic hydroxyl groups excluding tert-OH is 3. The van der Waals surface area contributed by atoms with Gasteiger partial charge in [0.05, 0.1) is 24.0 Å². The van der Waals surface area contributed by atoms with Crippen molar-refractivity contribution in [2.45, 2.75) is 24.7 Å². The van der Waals surface area contributed by atoms with E-state index in [-0.39, 0.29) is 18.6 Å². The van der Waals surface area contributed by atoms with Crippen LogP contribution in [-0.4, -0.2) is 48.7 Å². The van der Waals surface area contributed by atoms with Gasteiger partial charge in [0.2, 0.25) is 0 Å². The number of aliphatic hydroxyl groups is 3. The maximum absolute atomic E-state index is 10.1. The summed E-state index contributed by atoms with van der Waals surface area (Å²) in [4.78, 5) is 8.16. The predicted octanol–water partition coefficient (Wildman–Crippen LogP) is -0.711. The largest absolute Gasteiger partial charge is 0.396 e. The summed E-state index contributed by atoms with van der Waals surface area (Å²) >= 11 is 0. The van der Waals surface area contributed by atoms with Crippen LogP contribution in [0.1, 0.15) is 12.5 Å². The van der Waals surface area contributed by atoms with Crippen molar-refractivity contribution in [1.82, 2.24) is 14.5 Å². The van der Waals surface area contributed by atoms with Gasteiger partial charge in [-0.05, 0) is 12.5 Å². The Balaban J connectivity index is 2.04. The Kier molecular flexibility index (Phi) is 2.89. The molecule has 0 bridgehead atoms. The van der Waals surface area contributed by atoms with Crippen molar-refractivity contribution in [3.8, 4) is 0 Å². The zero-order valence-corrected chi connectivity index (χ0v) is 10.2. The van der Waals surface area contributed by atoms with Crippen molar-refractivity contribution < 1.29 is 15.3 Å². The summed E-state index contributed by atoms with van der Waals surface area (Å²) in [6.07, 6.45) is 1.81. The van der Waals surface area contributed by atoms with Crippen LogP contribution < -0.4 is 5.73 Å². The Hall–Kier alpha value is -1.70. The van der Waals surface area contributed by atoms with Crippen molar-refractivity contribution in [3.63, 3.8) is 0 Å². The molecule has 1 aliphatic carbocycles. The maximum Gasteiger partial charge on any atom is 0.151 e. The van der Waals surface area contributed by atoms with Gasteiger partial charge in [-0.25, -0.2) is 9.97 Å². The third-order valence-electron chi connectivity index (χ3n) is 3.88. The third kappa shape index (κ3) is 1.78. The van der Waals surface area contributed by atoms with E-state index in [2.05, 4.69) is 9.97 Å². The van der Waals surface area contributed by atoms with Crippen LogP contribution in [0.15, 0.2) is 18.6 Å². The van der Waals surface area contributed by atoms with Crippen LogP contribution >= 0.6 is 0 Å². The lowest BCUT2D eigenvalue weighted by Crippen LogP contribution is -2.30. The van der Waals surface area contributed by atoms with Crippen LogP contribution in [0.3, 0.4) is 0 Å². The number of hydrogen-bond donors (Lipinski definition) is 4. The van der Waals surface area contributed by atoms with Crippen molar-refractivity contribution >= 4 is 16.9 Å². The molecule has 102 valence electrons. The van der Waals surface area contributed by atoms with E-state index < -0.39 is 12.2 Å². The average molecular weight is 264 g/mol. The predicted molar refractivity (Wildman–Crippen MR) is 68.2 cm³/mol.